The molecular weight excluding hydrogens is 472 g/mol. The van der Waals surface area contributed by atoms with Crippen molar-refractivity contribution in [1.29, 1.82) is 0 Å². The molecule has 6 heteroatoms. The Morgan fingerprint density at radius 1 is 1.16 bits per heavy atom. The number of nitrogens with zero attached hydrogens (tertiary/aromatic N) is 1. The fourth-order valence-corrected chi connectivity index (χ4v) is 5.34. The van der Waals surface area contributed by atoms with Crippen molar-refractivity contribution < 1.29 is 9.59 Å². The molecule has 4 nitrogen and oxygen atoms in total. The lowest BCUT2D eigenvalue weighted by Crippen LogP contribution is -2.50. The van der Waals surface area contributed by atoms with Gasteiger partial charge in [-0.3, -0.25) is 9.59 Å². The number of nitrogens with one attached hydrogen (secondary N) is 1. The first-order valence-electron chi connectivity index (χ1n) is 10.9. The van der Waals surface area contributed by atoms with E-state index < -0.39 is 6.04 Å². The van der Waals surface area contributed by atoms with Gasteiger partial charge in [0, 0.05) is 22.8 Å². The molecule has 1 aliphatic rings. The van der Waals surface area contributed by atoms with Crippen LogP contribution in [0, 0.1) is 6.92 Å². The van der Waals surface area contributed by atoms with E-state index in [1.165, 1.54) is 11.1 Å². The first-order valence-corrected chi connectivity index (χ1v) is 12.9. The lowest BCUT2D eigenvalue weighted by atomic mass is 10.1. The van der Waals surface area contributed by atoms with Gasteiger partial charge in [0.1, 0.15) is 6.04 Å². The van der Waals surface area contributed by atoms with Crippen LogP contribution in [0.25, 0.3) is 0 Å². The Morgan fingerprint density at radius 3 is 2.61 bits per heavy atom. The minimum absolute atomic E-state index is 0.00682. The zero-order chi connectivity index (χ0) is 22.2. The number of hydrogen-bond acceptors (Lipinski definition) is 3. The molecule has 1 aliphatic carbocycles. The monoisotopic (exact) mass is 502 g/mol. The Labute approximate surface area is 198 Å². The van der Waals surface area contributed by atoms with Crippen LogP contribution in [-0.4, -0.2) is 34.6 Å². The summed E-state index contributed by atoms with van der Waals surface area (Å²) in [6.07, 6.45) is 4.39. The first-order chi connectivity index (χ1) is 14.9. The molecule has 0 unspecified atom stereocenters. The number of halogens is 1. The summed E-state index contributed by atoms with van der Waals surface area (Å²) in [6, 6.07) is 15.9. The summed E-state index contributed by atoms with van der Waals surface area (Å²) in [5.74, 6) is 1.07. The van der Waals surface area contributed by atoms with Crippen LogP contribution in [0.2, 0.25) is 0 Å². The fraction of sp³-hybridized carbons (Fsp3) is 0.440. The highest BCUT2D eigenvalue weighted by Crippen LogP contribution is 2.21. The fourth-order valence-electron chi connectivity index (χ4n) is 3.91. The highest BCUT2D eigenvalue weighted by molar-refractivity contribution is 9.10. The maximum absolute atomic E-state index is 13.2. The van der Waals surface area contributed by atoms with E-state index in [0.717, 1.165) is 41.5 Å². The van der Waals surface area contributed by atoms with Gasteiger partial charge in [0.25, 0.3) is 0 Å². The summed E-state index contributed by atoms with van der Waals surface area (Å²) in [4.78, 5) is 27.8. The minimum atomic E-state index is -0.508. The first kappa shape index (κ1) is 23.9. The molecule has 2 amide bonds. The summed E-state index contributed by atoms with van der Waals surface area (Å²) in [5.41, 5.74) is 3.48. The van der Waals surface area contributed by atoms with Crippen molar-refractivity contribution in [2.45, 2.75) is 63.9 Å². The number of carbonyl (C=O) groups is 2. The zero-order valence-electron chi connectivity index (χ0n) is 18.3. The number of thioether (sulfide) groups is 1. The van der Waals surface area contributed by atoms with E-state index in [9.17, 15) is 9.59 Å². The second kappa shape index (κ2) is 11.7. The van der Waals surface area contributed by atoms with Crippen molar-refractivity contribution >= 4 is 39.5 Å². The van der Waals surface area contributed by atoms with Gasteiger partial charge < -0.3 is 10.2 Å². The third-order valence-electron chi connectivity index (χ3n) is 5.86. The normalized spacial score (nSPS) is 14.9. The molecule has 2 aromatic carbocycles. The number of benzene rings is 2. The molecule has 0 radical (unpaired) electrons. The second-order valence-corrected chi connectivity index (χ2v) is 10.1. The van der Waals surface area contributed by atoms with E-state index in [2.05, 4.69) is 40.3 Å². The third-order valence-corrected chi connectivity index (χ3v) is 7.31. The molecule has 0 heterocycles. The largest absolute Gasteiger partial charge is 0.352 e. The number of carbonyl (C=O) groups excluding carboxylic acids is 2. The Balaban J connectivity index is 1.66. The predicted molar refractivity (Wildman–Crippen MR) is 132 cm³/mol. The van der Waals surface area contributed by atoms with Crippen LogP contribution in [-0.2, 0) is 21.9 Å². The smallest absolute Gasteiger partial charge is 0.242 e. The van der Waals surface area contributed by atoms with Crippen molar-refractivity contribution in [2.24, 2.45) is 0 Å². The zero-order valence-corrected chi connectivity index (χ0v) is 20.7. The van der Waals surface area contributed by atoms with Gasteiger partial charge in [-0.05, 0) is 55.5 Å². The van der Waals surface area contributed by atoms with Crippen LogP contribution in [0.3, 0.4) is 0 Å². The quantitative estimate of drug-likeness (QED) is 0.494. The summed E-state index contributed by atoms with van der Waals surface area (Å²) < 4.78 is 0.967. The maximum atomic E-state index is 13.2. The molecule has 0 spiro atoms. The number of rotatable bonds is 9. The van der Waals surface area contributed by atoms with E-state index in [4.69, 9.17) is 0 Å². The van der Waals surface area contributed by atoms with Crippen LogP contribution in [0.15, 0.2) is 53.0 Å². The van der Waals surface area contributed by atoms with Gasteiger partial charge in [0.15, 0.2) is 0 Å². The van der Waals surface area contributed by atoms with Gasteiger partial charge in [-0.15, -0.1) is 11.8 Å². The highest BCUT2D eigenvalue weighted by atomic mass is 79.9. The number of hydrogen-bond donors (Lipinski definition) is 1. The summed E-state index contributed by atoms with van der Waals surface area (Å²) in [6.45, 7) is 4.35. The maximum Gasteiger partial charge on any atom is 0.242 e. The Morgan fingerprint density at radius 2 is 1.90 bits per heavy atom. The Kier molecular flexibility index (Phi) is 9.02. The van der Waals surface area contributed by atoms with Crippen LogP contribution in [0.4, 0.5) is 0 Å². The molecule has 3 rings (SSSR count). The average molecular weight is 504 g/mol. The average Bonchev–Trinajstić information content (AvgIpc) is 3.26. The van der Waals surface area contributed by atoms with E-state index in [0.29, 0.717) is 12.3 Å². The lowest BCUT2D eigenvalue weighted by molar-refractivity contribution is -0.138. The molecule has 0 aromatic heterocycles. The summed E-state index contributed by atoms with van der Waals surface area (Å²) >= 11 is 5.10. The van der Waals surface area contributed by atoms with Crippen molar-refractivity contribution in [3.05, 3.63) is 69.7 Å². The van der Waals surface area contributed by atoms with Crippen molar-refractivity contribution in [3.63, 3.8) is 0 Å². The molecule has 0 saturated heterocycles. The van der Waals surface area contributed by atoms with Crippen LogP contribution < -0.4 is 5.32 Å². The number of amides is 2. The van der Waals surface area contributed by atoms with Crippen LogP contribution in [0.1, 0.15) is 49.3 Å². The molecule has 2 aromatic rings. The molecule has 166 valence electrons. The van der Waals surface area contributed by atoms with Crippen molar-refractivity contribution in [1.82, 2.24) is 10.2 Å². The van der Waals surface area contributed by atoms with Gasteiger partial charge in [-0.2, -0.15) is 0 Å². The topological polar surface area (TPSA) is 49.4 Å². The predicted octanol–water partition coefficient (Wildman–Crippen LogP) is 5.47. The van der Waals surface area contributed by atoms with Gasteiger partial charge >= 0.3 is 0 Å². The van der Waals surface area contributed by atoms with E-state index in [-0.39, 0.29) is 17.9 Å². The summed E-state index contributed by atoms with van der Waals surface area (Å²) in [5, 5.41) is 3.15. The molecule has 31 heavy (non-hydrogen) atoms. The molecule has 1 saturated carbocycles. The van der Waals surface area contributed by atoms with E-state index in [1.807, 2.05) is 43.3 Å². The molecule has 1 atom stereocenters. The van der Waals surface area contributed by atoms with Crippen LogP contribution in [0.5, 0.6) is 0 Å². The molecule has 0 aliphatic heterocycles. The number of aryl methyl sites for hydroxylation is 1. The second-order valence-electron chi connectivity index (χ2n) is 8.24. The standard InChI is InChI=1S/C25H31BrN2O2S/c1-18-8-3-4-10-21(18)16-31-17-24(29)28(15-20-9-7-11-22(26)14-20)19(2)25(30)27-23-12-5-6-13-23/h3-4,7-11,14,19,23H,5-6,12-13,15-17H2,1-2H3,(H,27,30)/t19-/m1/s1. The van der Waals surface area contributed by atoms with Crippen LogP contribution >= 0.6 is 27.7 Å². The SMILES string of the molecule is Cc1ccccc1CSCC(=O)N(Cc1cccc(Br)c1)[C@H](C)C(=O)NC1CCCC1. The van der Waals surface area contributed by atoms with E-state index in [1.54, 1.807) is 16.7 Å². The molecular formula is C25H31BrN2O2S. The molecule has 1 N–H and O–H groups in total. The Bertz CT molecular complexity index is 899. The van der Waals surface area contributed by atoms with Gasteiger partial charge in [-0.1, -0.05) is 65.2 Å². The third kappa shape index (κ3) is 7.11. The van der Waals surface area contributed by atoms with Gasteiger partial charge in [-0.25, -0.2) is 0 Å². The van der Waals surface area contributed by atoms with Crippen molar-refractivity contribution in [2.75, 3.05) is 5.75 Å². The van der Waals surface area contributed by atoms with Crippen molar-refractivity contribution in [3.8, 4) is 0 Å². The lowest BCUT2D eigenvalue weighted by Gasteiger charge is -2.29. The summed E-state index contributed by atoms with van der Waals surface area (Å²) in [7, 11) is 0. The van der Waals surface area contributed by atoms with Gasteiger partial charge in [0.2, 0.25) is 11.8 Å². The van der Waals surface area contributed by atoms with Gasteiger partial charge in [0.05, 0.1) is 5.75 Å². The Hall–Kier alpha value is -1.79. The van der Waals surface area contributed by atoms with E-state index >= 15 is 0 Å². The highest BCUT2D eigenvalue weighted by Gasteiger charge is 2.28. The molecule has 1 fully saturated rings. The minimum Gasteiger partial charge on any atom is -0.352 e. The molecule has 0 bridgehead atoms.